The summed E-state index contributed by atoms with van der Waals surface area (Å²) < 4.78 is 0. The number of anilines is 1. The van der Waals surface area contributed by atoms with Crippen molar-refractivity contribution in [1.82, 2.24) is 15.0 Å². The van der Waals surface area contributed by atoms with Gasteiger partial charge in [0.15, 0.2) is 5.82 Å². The zero-order valence-electron chi connectivity index (χ0n) is 11.9. The number of fused-ring (bicyclic) bond motifs is 1. The van der Waals surface area contributed by atoms with Gasteiger partial charge in [0.05, 0.1) is 0 Å². The minimum absolute atomic E-state index is 0.0952. The highest BCUT2D eigenvalue weighted by Gasteiger charge is 2.38. The SMILES string of the molecule is CN1C(=Cc2nc(Cl)nc(Cl)n2)C(C)(C)c2ccccc21. The summed E-state index contributed by atoms with van der Waals surface area (Å²) in [5.74, 6) is 0.461. The molecule has 0 unspecified atom stereocenters. The standard InChI is InChI=1S/C15H14Cl2N4/c1-15(2)9-6-4-5-7-10(9)21(3)11(15)8-12-18-13(16)20-14(17)19-12/h4-8H,1-3H3. The van der Waals surface area contributed by atoms with E-state index in [1.165, 1.54) is 11.3 Å². The normalized spacial score (nSPS) is 18.1. The van der Waals surface area contributed by atoms with Gasteiger partial charge in [-0.3, -0.25) is 0 Å². The number of aromatic nitrogens is 3. The third-order valence-corrected chi connectivity index (χ3v) is 4.14. The number of hydrogen-bond donors (Lipinski definition) is 0. The first-order valence-electron chi connectivity index (χ1n) is 6.52. The van der Waals surface area contributed by atoms with Crippen LogP contribution < -0.4 is 4.90 Å². The molecule has 21 heavy (non-hydrogen) atoms. The Morgan fingerprint density at radius 1 is 1.05 bits per heavy atom. The molecule has 4 nitrogen and oxygen atoms in total. The molecule has 0 atom stereocenters. The molecule has 0 amide bonds. The number of allylic oxidation sites excluding steroid dienone is 1. The fourth-order valence-electron chi connectivity index (χ4n) is 2.79. The fourth-order valence-corrected chi connectivity index (χ4v) is 3.16. The van der Waals surface area contributed by atoms with E-state index in [4.69, 9.17) is 23.2 Å². The highest BCUT2D eigenvalue weighted by atomic mass is 35.5. The van der Waals surface area contributed by atoms with E-state index < -0.39 is 0 Å². The van der Waals surface area contributed by atoms with Crippen LogP contribution in [0.4, 0.5) is 5.69 Å². The van der Waals surface area contributed by atoms with Crippen molar-refractivity contribution >= 4 is 35.0 Å². The van der Waals surface area contributed by atoms with Crippen LogP contribution in [0.3, 0.4) is 0 Å². The summed E-state index contributed by atoms with van der Waals surface area (Å²) in [6, 6.07) is 8.32. The molecule has 2 heterocycles. The topological polar surface area (TPSA) is 41.9 Å². The molecule has 0 saturated heterocycles. The summed E-state index contributed by atoms with van der Waals surface area (Å²) in [7, 11) is 2.03. The molecular weight excluding hydrogens is 307 g/mol. The van der Waals surface area contributed by atoms with Crippen molar-refractivity contribution in [2.75, 3.05) is 11.9 Å². The predicted octanol–water partition coefficient (Wildman–Crippen LogP) is 3.95. The average molecular weight is 321 g/mol. The summed E-state index contributed by atoms with van der Waals surface area (Å²) in [4.78, 5) is 14.1. The van der Waals surface area contributed by atoms with Gasteiger partial charge in [-0.25, -0.2) is 0 Å². The van der Waals surface area contributed by atoms with Crippen molar-refractivity contribution in [3.63, 3.8) is 0 Å². The van der Waals surface area contributed by atoms with Crippen LogP contribution in [-0.4, -0.2) is 22.0 Å². The van der Waals surface area contributed by atoms with E-state index in [1.54, 1.807) is 0 Å². The molecule has 0 radical (unpaired) electrons. The molecule has 0 spiro atoms. The lowest BCUT2D eigenvalue weighted by Crippen LogP contribution is -2.22. The Balaban J connectivity index is 2.13. The Bertz CT molecular complexity index is 720. The molecule has 0 N–H and O–H groups in total. The Kier molecular flexibility index (Phi) is 3.38. The van der Waals surface area contributed by atoms with E-state index in [0.29, 0.717) is 5.82 Å². The summed E-state index contributed by atoms with van der Waals surface area (Å²) in [6.07, 6.45) is 1.90. The summed E-state index contributed by atoms with van der Waals surface area (Å²) >= 11 is 11.7. The molecule has 1 aromatic heterocycles. The minimum Gasteiger partial charge on any atom is -0.347 e. The number of benzene rings is 1. The lowest BCUT2D eigenvalue weighted by atomic mass is 9.84. The van der Waals surface area contributed by atoms with Crippen LogP contribution in [0.1, 0.15) is 25.2 Å². The van der Waals surface area contributed by atoms with E-state index in [0.717, 1.165) is 5.70 Å². The van der Waals surface area contributed by atoms with E-state index in [-0.39, 0.29) is 16.0 Å². The highest BCUT2D eigenvalue weighted by molar-refractivity contribution is 6.31. The molecule has 1 aromatic carbocycles. The highest BCUT2D eigenvalue weighted by Crippen LogP contribution is 2.47. The molecule has 0 fully saturated rings. The Labute approximate surface area is 133 Å². The molecule has 0 aliphatic carbocycles. The zero-order chi connectivity index (χ0) is 15.2. The van der Waals surface area contributed by atoms with Crippen LogP contribution in [-0.2, 0) is 5.41 Å². The molecule has 3 rings (SSSR count). The van der Waals surface area contributed by atoms with Crippen molar-refractivity contribution in [2.24, 2.45) is 0 Å². The third-order valence-electron chi connectivity index (χ3n) is 3.80. The molecule has 6 heteroatoms. The largest absolute Gasteiger partial charge is 0.347 e. The van der Waals surface area contributed by atoms with E-state index >= 15 is 0 Å². The van der Waals surface area contributed by atoms with Gasteiger partial charge in [-0.1, -0.05) is 32.0 Å². The van der Waals surface area contributed by atoms with Crippen molar-refractivity contribution in [2.45, 2.75) is 19.3 Å². The first-order chi connectivity index (χ1) is 9.89. The summed E-state index contributed by atoms with van der Waals surface area (Å²) in [6.45, 7) is 4.34. The maximum absolute atomic E-state index is 5.84. The number of halogens is 2. The van der Waals surface area contributed by atoms with Crippen LogP contribution in [0.25, 0.3) is 6.08 Å². The zero-order valence-corrected chi connectivity index (χ0v) is 13.4. The van der Waals surface area contributed by atoms with Crippen LogP contribution in [0.15, 0.2) is 30.0 Å². The number of nitrogens with zero attached hydrogens (tertiary/aromatic N) is 4. The molecular formula is C15H14Cl2N4. The van der Waals surface area contributed by atoms with Crippen LogP contribution in [0.5, 0.6) is 0 Å². The average Bonchev–Trinajstić information content (AvgIpc) is 2.60. The quantitative estimate of drug-likeness (QED) is 0.798. The molecule has 108 valence electrons. The van der Waals surface area contributed by atoms with Gasteiger partial charge >= 0.3 is 0 Å². The molecule has 0 saturated carbocycles. The van der Waals surface area contributed by atoms with E-state index in [9.17, 15) is 0 Å². The Morgan fingerprint density at radius 2 is 1.67 bits per heavy atom. The Hall–Kier alpha value is -1.65. The van der Waals surface area contributed by atoms with Gasteiger partial charge in [0.25, 0.3) is 0 Å². The molecule has 1 aliphatic rings. The maximum Gasteiger partial charge on any atom is 0.227 e. The second-order valence-corrected chi connectivity index (χ2v) is 6.14. The second-order valence-electron chi connectivity index (χ2n) is 5.46. The van der Waals surface area contributed by atoms with Crippen LogP contribution in [0, 0.1) is 0 Å². The van der Waals surface area contributed by atoms with Gasteiger partial charge in [0, 0.05) is 29.9 Å². The van der Waals surface area contributed by atoms with Gasteiger partial charge < -0.3 is 4.90 Å². The summed E-state index contributed by atoms with van der Waals surface area (Å²) in [5.41, 5.74) is 3.39. The van der Waals surface area contributed by atoms with Crippen molar-refractivity contribution in [1.29, 1.82) is 0 Å². The summed E-state index contributed by atoms with van der Waals surface area (Å²) in [5, 5.41) is 0.190. The first kappa shape index (κ1) is 14.3. The molecule has 0 bridgehead atoms. The van der Waals surface area contributed by atoms with Gasteiger partial charge in [0.2, 0.25) is 10.6 Å². The predicted molar refractivity (Wildman–Crippen MR) is 85.7 cm³/mol. The van der Waals surface area contributed by atoms with Gasteiger partial charge in [-0.15, -0.1) is 0 Å². The number of rotatable bonds is 1. The fraction of sp³-hybridized carbons (Fsp3) is 0.267. The van der Waals surface area contributed by atoms with E-state index in [2.05, 4.69) is 45.8 Å². The van der Waals surface area contributed by atoms with Gasteiger partial charge in [-0.2, -0.15) is 15.0 Å². The smallest absolute Gasteiger partial charge is 0.227 e. The van der Waals surface area contributed by atoms with Gasteiger partial charge in [-0.05, 0) is 34.8 Å². The van der Waals surface area contributed by atoms with Crippen molar-refractivity contribution in [3.05, 3.63) is 51.9 Å². The monoisotopic (exact) mass is 320 g/mol. The van der Waals surface area contributed by atoms with Crippen molar-refractivity contribution in [3.8, 4) is 0 Å². The molecule has 1 aliphatic heterocycles. The number of likely N-dealkylation sites (N-methyl/N-ethyl adjacent to an activating group) is 1. The number of hydrogen-bond acceptors (Lipinski definition) is 4. The maximum atomic E-state index is 5.84. The Morgan fingerprint density at radius 3 is 2.29 bits per heavy atom. The minimum atomic E-state index is -0.142. The van der Waals surface area contributed by atoms with E-state index in [1.807, 2.05) is 25.3 Å². The third kappa shape index (κ3) is 2.39. The van der Waals surface area contributed by atoms with Gasteiger partial charge in [0.1, 0.15) is 0 Å². The lowest BCUT2D eigenvalue weighted by Gasteiger charge is -2.23. The van der Waals surface area contributed by atoms with Crippen LogP contribution >= 0.6 is 23.2 Å². The van der Waals surface area contributed by atoms with Crippen molar-refractivity contribution < 1.29 is 0 Å². The molecule has 2 aromatic rings. The first-order valence-corrected chi connectivity index (χ1v) is 7.27. The lowest BCUT2D eigenvalue weighted by molar-refractivity contribution is 0.644. The second kappa shape index (κ2) is 4.97. The van der Waals surface area contributed by atoms with Crippen LogP contribution in [0.2, 0.25) is 10.6 Å². The number of para-hydroxylation sites is 1.